The number of carbonyl (C=O) groups is 2. The standard InChI is InChI=1S/C15H20N2O3/c16-8-7-13(18)5-6-14(19)10-12(17)9-11-3-1-2-4-15(11)20/h1-4,9,20H,5-8,10,16-17H2. The lowest BCUT2D eigenvalue weighted by Gasteiger charge is -2.03. The highest BCUT2D eigenvalue weighted by atomic mass is 16.3. The zero-order chi connectivity index (χ0) is 15.0. The Balaban J connectivity index is 2.49. The van der Waals surface area contributed by atoms with Crippen molar-refractivity contribution in [2.24, 2.45) is 11.5 Å². The summed E-state index contributed by atoms with van der Waals surface area (Å²) in [5.41, 5.74) is 12.0. The van der Waals surface area contributed by atoms with E-state index in [1.54, 1.807) is 30.3 Å². The van der Waals surface area contributed by atoms with E-state index in [0.29, 0.717) is 24.2 Å². The summed E-state index contributed by atoms with van der Waals surface area (Å²) in [6, 6.07) is 6.73. The van der Waals surface area contributed by atoms with Crippen molar-refractivity contribution in [3.8, 4) is 5.75 Å². The maximum atomic E-state index is 11.7. The summed E-state index contributed by atoms with van der Waals surface area (Å²) >= 11 is 0. The molecule has 0 amide bonds. The fraction of sp³-hybridized carbons (Fsp3) is 0.333. The van der Waals surface area contributed by atoms with E-state index in [-0.39, 0.29) is 36.6 Å². The summed E-state index contributed by atoms with van der Waals surface area (Å²) < 4.78 is 0. The number of rotatable bonds is 8. The van der Waals surface area contributed by atoms with E-state index in [4.69, 9.17) is 11.5 Å². The van der Waals surface area contributed by atoms with E-state index in [9.17, 15) is 14.7 Å². The van der Waals surface area contributed by atoms with E-state index in [1.165, 1.54) is 0 Å². The van der Waals surface area contributed by atoms with Gasteiger partial charge in [-0.1, -0.05) is 18.2 Å². The average molecular weight is 276 g/mol. The molecule has 0 saturated heterocycles. The summed E-state index contributed by atoms with van der Waals surface area (Å²) in [4.78, 5) is 22.9. The van der Waals surface area contributed by atoms with Gasteiger partial charge >= 0.3 is 0 Å². The highest BCUT2D eigenvalue weighted by Gasteiger charge is 2.08. The third kappa shape index (κ3) is 5.67. The molecule has 0 radical (unpaired) electrons. The normalized spacial score (nSPS) is 11.3. The minimum absolute atomic E-state index is 0.0101. The minimum atomic E-state index is -0.0976. The molecule has 0 atom stereocenters. The Labute approximate surface area is 118 Å². The number of aromatic hydroxyl groups is 1. The van der Waals surface area contributed by atoms with Crippen LogP contribution in [0, 0.1) is 0 Å². The van der Waals surface area contributed by atoms with Crippen molar-refractivity contribution in [2.45, 2.75) is 25.7 Å². The van der Waals surface area contributed by atoms with Gasteiger partial charge in [0.25, 0.3) is 0 Å². The van der Waals surface area contributed by atoms with E-state index >= 15 is 0 Å². The molecule has 0 unspecified atom stereocenters. The van der Waals surface area contributed by atoms with Crippen molar-refractivity contribution in [3.05, 3.63) is 35.5 Å². The molecule has 1 rings (SSSR count). The molecule has 5 heteroatoms. The van der Waals surface area contributed by atoms with Crippen LogP contribution in [-0.2, 0) is 9.59 Å². The first-order valence-electron chi connectivity index (χ1n) is 6.50. The molecular formula is C15H20N2O3. The predicted molar refractivity (Wildman–Crippen MR) is 77.8 cm³/mol. The molecule has 0 heterocycles. The van der Waals surface area contributed by atoms with Gasteiger partial charge in [-0.25, -0.2) is 0 Å². The molecule has 0 saturated carbocycles. The van der Waals surface area contributed by atoms with Crippen LogP contribution in [0.5, 0.6) is 5.75 Å². The van der Waals surface area contributed by atoms with Gasteiger partial charge in [0, 0.05) is 36.9 Å². The quantitative estimate of drug-likeness (QED) is 0.664. The van der Waals surface area contributed by atoms with Gasteiger partial charge in [-0.15, -0.1) is 0 Å². The summed E-state index contributed by atoms with van der Waals surface area (Å²) in [7, 11) is 0. The third-order valence-corrected chi connectivity index (χ3v) is 2.78. The number of nitrogens with two attached hydrogens (primary N) is 2. The number of phenols is 1. The molecule has 0 bridgehead atoms. The molecule has 0 spiro atoms. The molecule has 0 aliphatic heterocycles. The van der Waals surface area contributed by atoms with E-state index in [2.05, 4.69) is 0 Å². The molecule has 1 aromatic carbocycles. The lowest BCUT2D eigenvalue weighted by Crippen LogP contribution is -2.11. The van der Waals surface area contributed by atoms with Crippen LogP contribution in [0.2, 0.25) is 0 Å². The first-order valence-corrected chi connectivity index (χ1v) is 6.50. The molecule has 5 nitrogen and oxygen atoms in total. The Morgan fingerprint density at radius 3 is 2.40 bits per heavy atom. The zero-order valence-electron chi connectivity index (χ0n) is 11.3. The van der Waals surface area contributed by atoms with Crippen molar-refractivity contribution < 1.29 is 14.7 Å². The number of para-hydroxylation sites is 1. The highest BCUT2D eigenvalue weighted by Crippen LogP contribution is 2.18. The molecule has 0 aliphatic rings. The number of hydrogen-bond donors (Lipinski definition) is 3. The second kappa shape index (κ2) is 8.12. The van der Waals surface area contributed by atoms with Crippen molar-refractivity contribution >= 4 is 17.6 Å². The number of carbonyl (C=O) groups excluding carboxylic acids is 2. The average Bonchev–Trinajstić information content (AvgIpc) is 2.39. The Morgan fingerprint density at radius 2 is 1.75 bits per heavy atom. The lowest BCUT2D eigenvalue weighted by molar-refractivity contribution is -0.123. The fourth-order valence-electron chi connectivity index (χ4n) is 1.74. The first-order chi connectivity index (χ1) is 9.52. The number of ketones is 2. The third-order valence-electron chi connectivity index (χ3n) is 2.78. The lowest BCUT2D eigenvalue weighted by atomic mass is 10.1. The molecule has 0 fully saturated rings. The SMILES string of the molecule is NCCC(=O)CCC(=O)CC(N)=Cc1ccccc1O. The summed E-state index contributed by atoms with van der Waals surface area (Å²) in [5, 5.41) is 9.59. The second-order valence-corrected chi connectivity index (χ2v) is 4.57. The van der Waals surface area contributed by atoms with Gasteiger partial charge in [-0.05, 0) is 18.7 Å². The number of Topliss-reactive ketones (excluding diaryl/α,β-unsaturated/α-hetero) is 2. The number of hydrogen-bond acceptors (Lipinski definition) is 5. The van der Waals surface area contributed by atoms with Crippen LogP contribution in [0.15, 0.2) is 30.0 Å². The summed E-state index contributed by atoms with van der Waals surface area (Å²) in [6.45, 7) is 0.308. The van der Waals surface area contributed by atoms with E-state index in [0.717, 1.165) is 0 Å². The molecule has 20 heavy (non-hydrogen) atoms. The zero-order valence-corrected chi connectivity index (χ0v) is 11.3. The van der Waals surface area contributed by atoms with E-state index in [1.807, 2.05) is 0 Å². The van der Waals surface area contributed by atoms with E-state index < -0.39 is 0 Å². The van der Waals surface area contributed by atoms with Crippen LogP contribution in [-0.4, -0.2) is 23.2 Å². The Kier molecular flexibility index (Phi) is 6.46. The molecule has 108 valence electrons. The van der Waals surface area contributed by atoms with Crippen LogP contribution in [0.1, 0.15) is 31.2 Å². The summed E-state index contributed by atoms with van der Waals surface area (Å²) in [5.74, 6) is 0.00432. The Bertz CT molecular complexity index is 510. The largest absolute Gasteiger partial charge is 0.507 e. The summed E-state index contributed by atoms with van der Waals surface area (Å²) in [6.07, 6.45) is 2.32. The van der Waals surface area contributed by atoms with Crippen molar-refractivity contribution in [1.29, 1.82) is 0 Å². The highest BCUT2D eigenvalue weighted by molar-refractivity contribution is 5.87. The van der Waals surface area contributed by atoms with Gasteiger partial charge in [0.1, 0.15) is 17.3 Å². The van der Waals surface area contributed by atoms with Gasteiger partial charge in [0.2, 0.25) is 0 Å². The molecule has 0 aromatic heterocycles. The van der Waals surface area contributed by atoms with Gasteiger partial charge in [0.05, 0.1) is 0 Å². The van der Waals surface area contributed by atoms with Gasteiger partial charge in [-0.3, -0.25) is 9.59 Å². The monoisotopic (exact) mass is 276 g/mol. The van der Waals surface area contributed by atoms with Gasteiger partial charge in [-0.2, -0.15) is 0 Å². The predicted octanol–water partition coefficient (Wildman–Crippen LogP) is 1.35. The van der Waals surface area contributed by atoms with Crippen molar-refractivity contribution in [2.75, 3.05) is 6.54 Å². The second-order valence-electron chi connectivity index (χ2n) is 4.57. The van der Waals surface area contributed by atoms with Crippen LogP contribution >= 0.6 is 0 Å². The maximum Gasteiger partial charge on any atom is 0.139 e. The maximum absolute atomic E-state index is 11.7. The molecule has 5 N–H and O–H groups in total. The van der Waals surface area contributed by atoms with Gasteiger partial charge in [0.15, 0.2) is 0 Å². The van der Waals surface area contributed by atoms with Crippen LogP contribution in [0.4, 0.5) is 0 Å². The topological polar surface area (TPSA) is 106 Å². The Hall–Kier alpha value is -2.14. The van der Waals surface area contributed by atoms with Crippen molar-refractivity contribution in [1.82, 2.24) is 0 Å². The van der Waals surface area contributed by atoms with Crippen LogP contribution in [0.25, 0.3) is 6.08 Å². The first kappa shape index (κ1) is 15.9. The molecule has 1 aromatic rings. The van der Waals surface area contributed by atoms with Crippen LogP contribution < -0.4 is 11.5 Å². The number of phenolic OH excluding ortho intramolecular Hbond substituents is 1. The van der Waals surface area contributed by atoms with Crippen molar-refractivity contribution in [3.63, 3.8) is 0 Å². The number of allylic oxidation sites excluding steroid dienone is 1. The van der Waals surface area contributed by atoms with Gasteiger partial charge < -0.3 is 16.6 Å². The molecule has 0 aliphatic carbocycles. The fourth-order valence-corrected chi connectivity index (χ4v) is 1.74. The Morgan fingerprint density at radius 1 is 1.10 bits per heavy atom. The number of benzene rings is 1. The molecular weight excluding hydrogens is 256 g/mol. The smallest absolute Gasteiger partial charge is 0.139 e. The van der Waals surface area contributed by atoms with Crippen LogP contribution in [0.3, 0.4) is 0 Å². The minimum Gasteiger partial charge on any atom is -0.507 e.